The van der Waals surface area contributed by atoms with Crippen molar-refractivity contribution in [2.75, 3.05) is 43.6 Å². The number of nitrogens with two attached hydrogens (primary N) is 1. The van der Waals surface area contributed by atoms with Crippen molar-refractivity contribution in [2.24, 2.45) is 0 Å². The Kier molecular flexibility index (Phi) is 7.37. The van der Waals surface area contributed by atoms with Gasteiger partial charge in [0.05, 0.1) is 28.5 Å². The number of carbonyl (C=O) groups excluding carboxylic acids is 1. The van der Waals surface area contributed by atoms with Gasteiger partial charge >= 0.3 is 0 Å². The highest BCUT2D eigenvalue weighted by Gasteiger charge is 2.14. The molecule has 0 aliphatic carbocycles. The van der Waals surface area contributed by atoms with Crippen LogP contribution in [0.25, 0.3) is 17.0 Å². The maximum Gasteiger partial charge on any atom is 0.255 e. The van der Waals surface area contributed by atoms with Gasteiger partial charge in [-0.15, -0.1) is 0 Å². The zero-order valence-corrected chi connectivity index (χ0v) is 22.0. The van der Waals surface area contributed by atoms with Gasteiger partial charge < -0.3 is 26.0 Å². The molecule has 3 aromatic heterocycles. The number of aryl methyl sites for hydroxylation is 1. The number of benzene rings is 2. The van der Waals surface area contributed by atoms with E-state index >= 15 is 0 Å². The van der Waals surface area contributed by atoms with Gasteiger partial charge in [-0.1, -0.05) is 12.1 Å². The maximum absolute atomic E-state index is 12.6. The standard InChI is InChI=1S/C29H30N8O2/c1-19-27(37-15-13-22(18-26(37)32-19)39-17-16-36(2)3)25-12-14-31-29(35-25)33-21-10-8-20(9-11-21)28(38)34-24-7-5-4-6-23(24)30/h4-15,18H,16-17,30H2,1-3H3,(H,34,38)(H,31,33,35). The highest BCUT2D eigenvalue weighted by Crippen LogP contribution is 2.26. The van der Waals surface area contributed by atoms with Gasteiger partial charge in [0.25, 0.3) is 5.91 Å². The van der Waals surface area contributed by atoms with E-state index in [4.69, 9.17) is 20.4 Å². The number of hydrogen-bond acceptors (Lipinski definition) is 8. The first-order chi connectivity index (χ1) is 18.9. The number of nitrogen functional groups attached to an aromatic ring is 1. The first kappa shape index (κ1) is 25.7. The molecule has 10 heteroatoms. The van der Waals surface area contributed by atoms with Crippen molar-refractivity contribution in [2.45, 2.75) is 6.92 Å². The molecule has 0 bridgehead atoms. The third-order valence-electron chi connectivity index (χ3n) is 6.09. The smallest absolute Gasteiger partial charge is 0.255 e. The van der Waals surface area contributed by atoms with E-state index in [1.54, 1.807) is 42.6 Å². The summed E-state index contributed by atoms with van der Waals surface area (Å²) >= 11 is 0. The molecule has 10 nitrogen and oxygen atoms in total. The SMILES string of the molecule is Cc1nc2cc(OCCN(C)C)ccn2c1-c1ccnc(Nc2ccc(C(=O)Nc3ccccc3N)cc2)n1. The van der Waals surface area contributed by atoms with Gasteiger partial charge in [0.15, 0.2) is 0 Å². The summed E-state index contributed by atoms with van der Waals surface area (Å²) in [6.07, 6.45) is 3.64. The van der Waals surface area contributed by atoms with E-state index in [2.05, 4.69) is 20.5 Å². The molecule has 0 saturated carbocycles. The predicted octanol–water partition coefficient (Wildman–Crippen LogP) is 4.62. The van der Waals surface area contributed by atoms with Crippen LogP contribution in [0.2, 0.25) is 0 Å². The van der Waals surface area contributed by atoms with Crippen LogP contribution in [0.4, 0.5) is 23.0 Å². The molecule has 0 spiro atoms. The molecule has 0 atom stereocenters. The van der Waals surface area contributed by atoms with Crippen LogP contribution in [0.5, 0.6) is 5.75 Å². The summed E-state index contributed by atoms with van der Waals surface area (Å²) in [5.74, 6) is 0.960. The Labute approximate surface area is 226 Å². The van der Waals surface area contributed by atoms with Crippen LogP contribution < -0.4 is 21.1 Å². The summed E-state index contributed by atoms with van der Waals surface area (Å²) in [6.45, 7) is 3.39. The summed E-state index contributed by atoms with van der Waals surface area (Å²) in [5.41, 5.74) is 11.5. The van der Waals surface area contributed by atoms with E-state index in [-0.39, 0.29) is 5.91 Å². The Bertz CT molecular complexity index is 1610. The number of ether oxygens (including phenoxy) is 1. The van der Waals surface area contributed by atoms with Crippen LogP contribution in [0.3, 0.4) is 0 Å². The minimum absolute atomic E-state index is 0.243. The van der Waals surface area contributed by atoms with Gasteiger partial charge in [0.1, 0.15) is 18.0 Å². The zero-order chi connectivity index (χ0) is 27.4. The largest absolute Gasteiger partial charge is 0.492 e. The topological polar surface area (TPSA) is 123 Å². The van der Waals surface area contributed by atoms with E-state index in [1.807, 2.05) is 61.9 Å². The number of fused-ring (bicyclic) bond motifs is 1. The number of nitrogens with zero attached hydrogens (tertiary/aromatic N) is 5. The number of carbonyl (C=O) groups is 1. The predicted molar refractivity (Wildman–Crippen MR) is 154 cm³/mol. The number of likely N-dealkylation sites (N-methyl/N-ethyl adjacent to an activating group) is 1. The molecule has 0 saturated heterocycles. The first-order valence-electron chi connectivity index (χ1n) is 12.5. The summed E-state index contributed by atoms with van der Waals surface area (Å²) < 4.78 is 7.86. The monoisotopic (exact) mass is 522 g/mol. The summed E-state index contributed by atoms with van der Waals surface area (Å²) in [5, 5.41) is 6.04. The van der Waals surface area contributed by atoms with Crippen molar-refractivity contribution < 1.29 is 9.53 Å². The number of para-hydroxylation sites is 2. The van der Waals surface area contributed by atoms with Crippen LogP contribution in [-0.4, -0.2) is 57.4 Å². The molecule has 0 fully saturated rings. The number of rotatable bonds is 9. The fraction of sp³-hybridized carbons (Fsp3) is 0.172. The van der Waals surface area contributed by atoms with Crippen molar-refractivity contribution >= 4 is 34.6 Å². The lowest BCUT2D eigenvalue weighted by Gasteiger charge is -2.11. The quantitative estimate of drug-likeness (QED) is 0.240. The second-order valence-electron chi connectivity index (χ2n) is 9.30. The van der Waals surface area contributed by atoms with Gasteiger partial charge in [-0.2, -0.15) is 0 Å². The van der Waals surface area contributed by atoms with E-state index < -0.39 is 0 Å². The third kappa shape index (κ3) is 5.97. The Morgan fingerprint density at radius 2 is 1.85 bits per heavy atom. The van der Waals surface area contributed by atoms with Gasteiger partial charge in [0, 0.05) is 36.3 Å². The number of amides is 1. The summed E-state index contributed by atoms with van der Waals surface area (Å²) in [7, 11) is 4.03. The number of hydrogen-bond donors (Lipinski definition) is 3. The fourth-order valence-electron chi connectivity index (χ4n) is 4.08. The third-order valence-corrected chi connectivity index (χ3v) is 6.09. The highest BCUT2D eigenvalue weighted by molar-refractivity contribution is 6.05. The molecule has 5 rings (SSSR count). The maximum atomic E-state index is 12.6. The molecule has 1 amide bonds. The Morgan fingerprint density at radius 1 is 1.05 bits per heavy atom. The van der Waals surface area contributed by atoms with Crippen LogP contribution in [-0.2, 0) is 0 Å². The highest BCUT2D eigenvalue weighted by atomic mass is 16.5. The summed E-state index contributed by atoms with van der Waals surface area (Å²) in [6, 6.07) is 19.9. The normalized spacial score (nSPS) is 11.1. The Balaban J connectivity index is 1.30. The Hall–Kier alpha value is -4.96. The van der Waals surface area contributed by atoms with Crippen molar-refractivity contribution in [1.29, 1.82) is 0 Å². The molecule has 2 aromatic carbocycles. The van der Waals surface area contributed by atoms with Crippen LogP contribution in [0.15, 0.2) is 79.1 Å². The molecule has 0 unspecified atom stereocenters. The number of imidazole rings is 1. The number of anilines is 4. The number of pyridine rings is 1. The van der Waals surface area contributed by atoms with Crippen molar-refractivity contribution in [1.82, 2.24) is 24.3 Å². The average Bonchev–Trinajstić information content (AvgIpc) is 3.25. The molecular formula is C29H30N8O2. The van der Waals surface area contributed by atoms with Crippen molar-refractivity contribution in [3.8, 4) is 17.1 Å². The summed E-state index contributed by atoms with van der Waals surface area (Å²) in [4.78, 5) is 28.5. The van der Waals surface area contributed by atoms with Crippen molar-refractivity contribution in [3.63, 3.8) is 0 Å². The molecule has 0 radical (unpaired) electrons. The van der Waals surface area contributed by atoms with Crippen LogP contribution in [0.1, 0.15) is 16.1 Å². The second kappa shape index (κ2) is 11.2. The lowest BCUT2D eigenvalue weighted by atomic mass is 10.2. The molecule has 5 aromatic rings. The molecule has 198 valence electrons. The second-order valence-corrected chi connectivity index (χ2v) is 9.30. The van der Waals surface area contributed by atoms with Gasteiger partial charge in [-0.25, -0.2) is 15.0 Å². The minimum Gasteiger partial charge on any atom is -0.492 e. The van der Waals surface area contributed by atoms with Crippen LogP contribution >= 0.6 is 0 Å². The fourth-order valence-corrected chi connectivity index (χ4v) is 4.08. The number of aromatic nitrogens is 4. The average molecular weight is 523 g/mol. The first-order valence-corrected chi connectivity index (χ1v) is 12.5. The lowest BCUT2D eigenvalue weighted by Crippen LogP contribution is -2.19. The van der Waals surface area contributed by atoms with E-state index in [0.29, 0.717) is 29.5 Å². The minimum atomic E-state index is -0.243. The molecule has 4 N–H and O–H groups in total. The van der Waals surface area contributed by atoms with Crippen molar-refractivity contribution in [3.05, 3.63) is 90.4 Å². The van der Waals surface area contributed by atoms with Gasteiger partial charge in [-0.3, -0.25) is 9.20 Å². The molecular weight excluding hydrogens is 492 g/mol. The molecule has 0 aliphatic rings. The molecule has 0 aliphatic heterocycles. The molecule has 39 heavy (non-hydrogen) atoms. The molecule has 3 heterocycles. The van der Waals surface area contributed by atoms with Gasteiger partial charge in [0.2, 0.25) is 5.95 Å². The van der Waals surface area contributed by atoms with E-state index in [1.165, 1.54) is 0 Å². The van der Waals surface area contributed by atoms with Crippen LogP contribution in [0, 0.1) is 6.92 Å². The zero-order valence-electron chi connectivity index (χ0n) is 22.0. The van der Waals surface area contributed by atoms with E-state index in [9.17, 15) is 4.79 Å². The lowest BCUT2D eigenvalue weighted by molar-refractivity contribution is 0.102. The van der Waals surface area contributed by atoms with Gasteiger partial charge in [-0.05, 0) is 69.6 Å². The van der Waals surface area contributed by atoms with E-state index in [0.717, 1.165) is 40.7 Å². The Morgan fingerprint density at radius 3 is 2.62 bits per heavy atom. The number of nitrogens with one attached hydrogen (secondary N) is 2.